The van der Waals surface area contributed by atoms with Crippen LogP contribution in [0.4, 0.5) is 11.4 Å². The van der Waals surface area contributed by atoms with E-state index in [1.54, 1.807) is 0 Å². The summed E-state index contributed by atoms with van der Waals surface area (Å²) < 4.78 is 5.51. The molecule has 0 bridgehead atoms. The van der Waals surface area contributed by atoms with Gasteiger partial charge in [0.2, 0.25) is 5.91 Å². The molecule has 1 amide bonds. The smallest absolute Gasteiger partial charge is 0.311 e. The van der Waals surface area contributed by atoms with Crippen LogP contribution in [-0.4, -0.2) is 10.8 Å². The molecule has 1 N–H and O–H groups in total. The highest BCUT2D eigenvalue weighted by atomic mass is 16.6. The Labute approximate surface area is 121 Å². The van der Waals surface area contributed by atoms with Crippen molar-refractivity contribution in [1.82, 2.24) is 0 Å². The number of anilines is 1. The maximum Gasteiger partial charge on any atom is 0.311 e. The Hall–Kier alpha value is -2.89. The van der Waals surface area contributed by atoms with Crippen molar-refractivity contribution in [3.8, 4) is 5.75 Å². The summed E-state index contributed by atoms with van der Waals surface area (Å²) in [5.41, 5.74) is 1.22. The maximum absolute atomic E-state index is 11.0. The van der Waals surface area contributed by atoms with Crippen LogP contribution in [0, 0.1) is 10.1 Å². The minimum absolute atomic E-state index is 0.120. The molecule has 0 saturated carbocycles. The van der Waals surface area contributed by atoms with Gasteiger partial charge in [0.1, 0.15) is 6.61 Å². The van der Waals surface area contributed by atoms with E-state index in [9.17, 15) is 14.9 Å². The maximum atomic E-state index is 11.0. The predicted octanol–water partition coefficient (Wildman–Crippen LogP) is 3.13. The van der Waals surface area contributed by atoms with Crippen LogP contribution in [-0.2, 0) is 11.4 Å². The van der Waals surface area contributed by atoms with Crippen molar-refractivity contribution in [3.05, 3.63) is 64.2 Å². The van der Waals surface area contributed by atoms with Gasteiger partial charge in [-0.05, 0) is 11.6 Å². The molecule has 0 aromatic heterocycles. The lowest BCUT2D eigenvalue weighted by Crippen LogP contribution is -2.06. The molecular formula is C15H14N2O4. The van der Waals surface area contributed by atoms with Gasteiger partial charge in [-0.1, -0.05) is 30.3 Å². The SMILES string of the molecule is CC(=O)Nc1ccc([N+](=O)[O-])c(OCc2ccccc2)c1. The van der Waals surface area contributed by atoms with Gasteiger partial charge in [-0.2, -0.15) is 0 Å². The number of nitrogens with one attached hydrogen (secondary N) is 1. The standard InChI is InChI=1S/C15H14N2O4/c1-11(18)16-13-7-8-14(17(19)20)15(9-13)21-10-12-5-3-2-4-6-12/h2-9H,10H2,1H3,(H,16,18). The summed E-state index contributed by atoms with van der Waals surface area (Å²) in [7, 11) is 0. The minimum Gasteiger partial charge on any atom is -0.482 e. The number of nitro groups is 1. The van der Waals surface area contributed by atoms with Gasteiger partial charge < -0.3 is 10.1 Å². The van der Waals surface area contributed by atoms with Gasteiger partial charge in [0, 0.05) is 24.7 Å². The molecule has 0 unspecified atom stereocenters. The van der Waals surface area contributed by atoms with Crippen LogP contribution in [0.2, 0.25) is 0 Å². The summed E-state index contributed by atoms with van der Waals surface area (Å²) in [6, 6.07) is 13.6. The molecule has 0 aliphatic heterocycles. The summed E-state index contributed by atoms with van der Waals surface area (Å²) in [6.07, 6.45) is 0. The van der Waals surface area contributed by atoms with Crippen LogP contribution in [0.1, 0.15) is 12.5 Å². The molecule has 2 rings (SSSR count). The second kappa shape index (κ2) is 6.51. The number of amides is 1. The first-order chi connectivity index (χ1) is 10.1. The molecule has 21 heavy (non-hydrogen) atoms. The molecule has 0 heterocycles. The lowest BCUT2D eigenvalue weighted by Gasteiger charge is -2.09. The first kappa shape index (κ1) is 14.5. The zero-order valence-electron chi connectivity index (χ0n) is 11.4. The molecule has 0 aliphatic rings. The van der Waals surface area contributed by atoms with E-state index in [1.165, 1.54) is 25.1 Å². The van der Waals surface area contributed by atoms with E-state index in [1.807, 2.05) is 30.3 Å². The van der Waals surface area contributed by atoms with Gasteiger partial charge in [0.05, 0.1) is 4.92 Å². The minimum atomic E-state index is -0.516. The lowest BCUT2D eigenvalue weighted by atomic mass is 10.2. The molecule has 0 aliphatic carbocycles. The van der Waals surface area contributed by atoms with Crippen molar-refractivity contribution in [3.63, 3.8) is 0 Å². The average molecular weight is 286 g/mol. The summed E-state index contributed by atoms with van der Waals surface area (Å²) >= 11 is 0. The topological polar surface area (TPSA) is 81.5 Å². The number of hydrogen-bond donors (Lipinski definition) is 1. The largest absolute Gasteiger partial charge is 0.482 e. The normalized spacial score (nSPS) is 9.95. The Morgan fingerprint density at radius 1 is 1.24 bits per heavy atom. The highest BCUT2D eigenvalue weighted by Crippen LogP contribution is 2.30. The first-order valence-electron chi connectivity index (χ1n) is 6.29. The Balaban J connectivity index is 2.22. The molecule has 6 heteroatoms. The first-order valence-corrected chi connectivity index (χ1v) is 6.29. The summed E-state index contributed by atoms with van der Waals surface area (Å²) in [5, 5.41) is 13.6. The van der Waals surface area contributed by atoms with Crippen LogP contribution >= 0.6 is 0 Å². The monoisotopic (exact) mass is 286 g/mol. The molecule has 0 fully saturated rings. The van der Waals surface area contributed by atoms with Crippen molar-refractivity contribution < 1.29 is 14.5 Å². The van der Waals surface area contributed by atoms with Crippen LogP contribution < -0.4 is 10.1 Å². The second-order valence-corrected chi connectivity index (χ2v) is 4.40. The van der Waals surface area contributed by atoms with Crippen LogP contribution in [0.5, 0.6) is 5.75 Å². The number of hydrogen-bond acceptors (Lipinski definition) is 4. The second-order valence-electron chi connectivity index (χ2n) is 4.40. The summed E-state index contributed by atoms with van der Waals surface area (Å²) in [5.74, 6) is -0.132. The number of nitrogens with zero attached hydrogens (tertiary/aromatic N) is 1. The van der Waals surface area contributed by atoms with E-state index in [0.29, 0.717) is 5.69 Å². The highest BCUT2D eigenvalue weighted by Gasteiger charge is 2.16. The van der Waals surface area contributed by atoms with Gasteiger partial charge in [-0.25, -0.2) is 0 Å². The molecule has 6 nitrogen and oxygen atoms in total. The van der Waals surface area contributed by atoms with E-state index >= 15 is 0 Å². The van der Waals surface area contributed by atoms with Crippen molar-refractivity contribution >= 4 is 17.3 Å². The average Bonchev–Trinajstić information content (AvgIpc) is 2.45. The summed E-state index contributed by atoms with van der Waals surface area (Å²) in [6.45, 7) is 1.58. The van der Waals surface area contributed by atoms with Gasteiger partial charge in [0.25, 0.3) is 0 Å². The van der Waals surface area contributed by atoms with Crippen LogP contribution in [0.15, 0.2) is 48.5 Å². The fraction of sp³-hybridized carbons (Fsp3) is 0.133. The van der Waals surface area contributed by atoms with Gasteiger partial charge in [-0.15, -0.1) is 0 Å². The molecule has 108 valence electrons. The van der Waals surface area contributed by atoms with E-state index in [0.717, 1.165) is 5.56 Å². The van der Waals surface area contributed by atoms with Crippen molar-refractivity contribution in [2.24, 2.45) is 0 Å². The zero-order valence-corrected chi connectivity index (χ0v) is 11.4. The Bertz CT molecular complexity index is 656. The molecular weight excluding hydrogens is 272 g/mol. The van der Waals surface area contributed by atoms with E-state index in [-0.39, 0.29) is 24.0 Å². The lowest BCUT2D eigenvalue weighted by molar-refractivity contribution is -0.385. The fourth-order valence-electron chi connectivity index (χ4n) is 1.80. The Kier molecular flexibility index (Phi) is 4.50. The van der Waals surface area contributed by atoms with Gasteiger partial charge in [-0.3, -0.25) is 14.9 Å². The van der Waals surface area contributed by atoms with Crippen LogP contribution in [0.3, 0.4) is 0 Å². The number of carbonyl (C=O) groups is 1. The van der Waals surface area contributed by atoms with Crippen molar-refractivity contribution in [1.29, 1.82) is 0 Å². The summed E-state index contributed by atoms with van der Waals surface area (Å²) in [4.78, 5) is 21.5. The molecule has 0 saturated heterocycles. The Morgan fingerprint density at radius 2 is 1.95 bits per heavy atom. The van der Waals surface area contributed by atoms with E-state index in [2.05, 4.69) is 5.32 Å². The number of ether oxygens (including phenoxy) is 1. The third-order valence-electron chi connectivity index (χ3n) is 2.71. The zero-order chi connectivity index (χ0) is 15.2. The number of benzene rings is 2. The highest BCUT2D eigenvalue weighted by molar-refractivity contribution is 5.89. The molecule has 0 spiro atoms. The van der Waals surface area contributed by atoms with Crippen molar-refractivity contribution in [2.45, 2.75) is 13.5 Å². The molecule has 2 aromatic rings. The number of carbonyl (C=O) groups excluding carboxylic acids is 1. The molecule has 2 aromatic carbocycles. The third-order valence-corrected chi connectivity index (χ3v) is 2.71. The van der Waals surface area contributed by atoms with E-state index < -0.39 is 4.92 Å². The van der Waals surface area contributed by atoms with E-state index in [4.69, 9.17) is 4.74 Å². The Morgan fingerprint density at radius 3 is 2.57 bits per heavy atom. The van der Waals surface area contributed by atoms with Gasteiger partial charge >= 0.3 is 5.69 Å². The third kappa shape index (κ3) is 4.04. The van der Waals surface area contributed by atoms with Crippen molar-refractivity contribution in [2.75, 3.05) is 5.32 Å². The number of rotatable bonds is 5. The fourth-order valence-corrected chi connectivity index (χ4v) is 1.80. The molecule has 0 radical (unpaired) electrons. The van der Waals surface area contributed by atoms with Crippen LogP contribution in [0.25, 0.3) is 0 Å². The number of nitro benzene ring substituents is 1. The van der Waals surface area contributed by atoms with Gasteiger partial charge in [0.15, 0.2) is 5.75 Å². The predicted molar refractivity (Wildman–Crippen MR) is 78.2 cm³/mol. The molecule has 0 atom stereocenters. The quantitative estimate of drug-likeness (QED) is 0.676.